The summed E-state index contributed by atoms with van der Waals surface area (Å²) in [6.45, 7) is 1.71. The van der Waals surface area contributed by atoms with Crippen LogP contribution < -0.4 is 5.32 Å². The van der Waals surface area contributed by atoms with Gasteiger partial charge in [-0.25, -0.2) is 12.7 Å². The van der Waals surface area contributed by atoms with E-state index in [-0.39, 0.29) is 10.6 Å². The Morgan fingerprint density at radius 1 is 1.18 bits per heavy atom. The third kappa shape index (κ3) is 3.32. The van der Waals surface area contributed by atoms with Crippen molar-refractivity contribution in [3.8, 4) is 0 Å². The van der Waals surface area contributed by atoms with Crippen molar-refractivity contribution in [3.05, 3.63) is 53.9 Å². The van der Waals surface area contributed by atoms with E-state index in [2.05, 4.69) is 10.3 Å². The fraction of sp³-hybridized carbons (Fsp3) is 0.200. The highest BCUT2D eigenvalue weighted by Gasteiger charge is 2.20. The first-order valence-electron chi connectivity index (χ1n) is 6.58. The average Bonchev–Trinajstić information content (AvgIpc) is 2.49. The molecular formula is C15H17N3O3S. The zero-order chi connectivity index (χ0) is 16.3. The summed E-state index contributed by atoms with van der Waals surface area (Å²) in [5.74, 6) is -0.391. The number of nitrogens with zero attached hydrogens (tertiary/aromatic N) is 2. The molecule has 1 aromatic heterocycles. The number of aromatic nitrogens is 1. The largest absolute Gasteiger partial charge is 0.321 e. The van der Waals surface area contributed by atoms with Crippen LogP contribution >= 0.6 is 0 Å². The van der Waals surface area contributed by atoms with Crippen LogP contribution in [0, 0.1) is 6.92 Å². The highest BCUT2D eigenvalue weighted by molar-refractivity contribution is 7.89. The van der Waals surface area contributed by atoms with Crippen LogP contribution in [0.2, 0.25) is 0 Å². The molecule has 0 fully saturated rings. The molecule has 0 bridgehead atoms. The second-order valence-corrected chi connectivity index (χ2v) is 7.06. The number of amides is 1. The monoisotopic (exact) mass is 319 g/mol. The minimum Gasteiger partial charge on any atom is -0.321 e. The second-order valence-electron chi connectivity index (χ2n) is 4.94. The molecule has 0 unspecified atom stereocenters. The Hall–Kier alpha value is -2.25. The molecule has 2 aromatic rings. The van der Waals surface area contributed by atoms with E-state index in [1.807, 2.05) is 0 Å². The Morgan fingerprint density at radius 3 is 2.50 bits per heavy atom. The summed E-state index contributed by atoms with van der Waals surface area (Å²) in [6, 6.07) is 9.77. The molecule has 0 spiro atoms. The minimum atomic E-state index is -3.56. The molecule has 6 nitrogen and oxygen atoms in total. The van der Waals surface area contributed by atoms with Crippen LogP contribution in [-0.4, -0.2) is 37.7 Å². The van der Waals surface area contributed by atoms with Crippen LogP contribution in [0.4, 0.5) is 5.69 Å². The van der Waals surface area contributed by atoms with E-state index < -0.39 is 15.9 Å². The van der Waals surface area contributed by atoms with Gasteiger partial charge in [0.25, 0.3) is 5.91 Å². The summed E-state index contributed by atoms with van der Waals surface area (Å²) in [6.07, 6.45) is 1.52. The normalized spacial score (nSPS) is 11.5. The molecule has 7 heteroatoms. The van der Waals surface area contributed by atoms with Crippen LogP contribution in [0.1, 0.15) is 16.1 Å². The predicted octanol–water partition coefficient (Wildman–Crippen LogP) is 1.89. The number of carbonyl (C=O) groups is 1. The van der Waals surface area contributed by atoms with Crippen LogP contribution in [0.5, 0.6) is 0 Å². The molecular weight excluding hydrogens is 302 g/mol. The van der Waals surface area contributed by atoms with Crippen molar-refractivity contribution >= 4 is 21.6 Å². The molecule has 0 saturated heterocycles. The van der Waals surface area contributed by atoms with Crippen molar-refractivity contribution in [2.45, 2.75) is 11.8 Å². The standard InChI is InChI=1S/C15H17N3O3S/c1-11-7-8-12(10-14(11)22(20,21)18(2)3)17-15(19)13-6-4-5-9-16-13/h4-10H,1-3H3,(H,17,19). The lowest BCUT2D eigenvalue weighted by Crippen LogP contribution is -2.23. The number of anilines is 1. The number of carbonyl (C=O) groups excluding carboxylic acids is 1. The molecule has 0 saturated carbocycles. The second kappa shape index (κ2) is 6.25. The molecule has 1 aromatic carbocycles. The van der Waals surface area contributed by atoms with Crippen molar-refractivity contribution < 1.29 is 13.2 Å². The topological polar surface area (TPSA) is 79.4 Å². The zero-order valence-corrected chi connectivity index (χ0v) is 13.4. The van der Waals surface area contributed by atoms with E-state index in [1.165, 1.54) is 26.4 Å². The van der Waals surface area contributed by atoms with Crippen LogP contribution in [0.3, 0.4) is 0 Å². The van der Waals surface area contributed by atoms with Gasteiger partial charge >= 0.3 is 0 Å². The van der Waals surface area contributed by atoms with Gasteiger partial charge in [0.05, 0.1) is 4.90 Å². The molecule has 0 atom stereocenters. The molecule has 0 aliphatic rings. The van der Waals surface area contributed by atoms with Gasteiger partial charge in [0.15, 0.2) is 0 Å². The lowest BCUT2D eigenvalue weighted by molar-refractivity contribution is 0.102. The van der Waals surface area contributed by atoms with Gasteiger partial charge in [-0.15, -0.1) is 0 Å². The van der Waals surface area contributed by atoms with Crippen LogP contribution in [0.15, 0.2) is 47.5 Å². The number of benzene rings is 1. The molecule has 1 heterocycles. The Morgan fingerprint density at radius 2 is 1.91 bits per heavy atom. The number of sulfonamides is 1. The smallest absolute Gasteiger partial charge is 0.274 e. The Kier molecular flexibility index (Phi) is 4.58. The quantitative estimate of drug-likeness (QED) is 0.933. The first-order chi connectivity index (χ1) is 10.3. The fourth-order valence-electron chi connectivity index (χ4n) is 1.84. The van der Waals surface area contributed by atoms with Gasteiger partial charge in [-0.05, 0) is 36.8 Å². The zero-order valence-electron chi connectivity index (χ0n) is 12.6. The van der Waals surface area contributed by atoms with E-state index in [9.17, 15) is 13.2 Å². The van der Waals surface area contributed by atoms with Gasteiger partial charge in [0, 0.05) is 26.0 Å². The van der Waals surface area contributed by atoms with Crippen LogP contribution in [0.25, 0.3) is 0 Å². The fourth-order valence-corrected chi connectivity index (χ4v) is 2.99. The number of aryl methyl sites for hydroxylation is 1. The lowest BCUT2D eigenvalue weighted by atomic mass is 10.2. The van der Waals surface area contributed by atoms with Gasteiger partial charge in [0.2, 0.25) is 10.0 Å². The molecule has 0 aliphatic heterocycles. The average molecular weight is 319 g/mol. The molecule has 116 valence electrons. The molecule has 0 radical (unpaired) electrons. The van der Waals surface area contributed by atoms with E-state index in [1.54, 1.807) is 37.3 Å². The van der Waals surface area contributed by atoms with E-state index in [4.69, 9.17) is 0 Å². The van der Waals surface area contributed by atoms with Crippen LogP contribution in [-0.2, 0) is 10.0 Å². The minimum absolute atomic E-state index is 0.163. The molecule has 1 N–H and O–H groups in total. The summed E-state index contributed by atoms with van der Waals surface area (Å²) in [4.78, 5) is 16.2. The van der Waals surface area contributed by atoms with E-state index in [0.717, 1.165) is 4.31 Å². The highest BCUT2D eigenvalue weighted by Crippen LogP contribution is 2.22. The number of pyridine rings is 1. The summed E-state index contributed by atoms with van der Waals surface area (Å²) >= 11 is 0. The summed E-state index contributed by atoms with van der Waals surface area (Å²) < 4.78 is 25.7. The lowest BCUT2D eigenvalue weighted by Gasteiger charge is -2.15. The third-order valence-corrected chi connectivity index (χ3v) is 5.06. The van der Waals surface area contributed by atoms with Gasteiger partial charge in [-0.2, -0.15) is 0 Å². The van der Waals surface area contributed by atoms with Crippen molar-refractivity contribution in [2.75, 3.05) is 19.4 Å². The Bertz CT molecular complexity index is 787. The maximum Gasteiger partial charge on any atom is 0.274 e. The van der Waals surface area contributed by atoms with Gasteiger partial charge in [-0.1, -0.05) is 12.1 Å². The maximum atomic E-state index is 12.3. The maximum absolute atomic E-state index is 12.3. The molecule has 2 rings (SSSR count). The predicted molar refractivity (Wildman–Crippen MR) is 84.2 cm³/mol. The third-order valence-electron chi connectivity index (χ3n) is 3.10. The molecule has 0 aliphatic carbocycles. The molecule has 22 heavy (non-hydrogen) atoms. The Labute approximate surface area is 129 Å². The Balaban J connectivity index is 2.33. The number of hydrogen-bond donors (Lipinski definition) is 1. The summed E-state index contributed by atoms with van der Waals surface area (Å²) in [5.41, 5.74) is 1.28. The SMILES string of the molecule is Cc1ccc(NC(=O)c2ccccn2)cc1S(=O)(=O)N(C)C. The molecule has 1 amide bonds. The highest BCUT2D eigenvalue weighted by atomic mass is 32.2. The van der Waals surface area contributed by atoms with Gasteiger partial charge < -0.3 is 5.32 Å². The van der Waals surface area contributed by atoms with Crippen molar-refractivity contribution in [2.24, 2.45) is 0 Å². The number of hydrogen-bond acceptors (Lipinski definition) is 4. The number of rotatable bonds is 4. The summed E-state index contributed by atoms with van der Waals surface area (Å²) in [5, 5.41) is 2.65. The van der Waals surface area contributed by atoms with Gasteiger partial charge in [-0.3, -0.25) is 9.78 Å². The van der Waals surface area contributed by atoms with E-state index >= 15 is 0 Å². The number of nitrogens with one attached hydrogen (secondary N) is 1. The van der Waals surface area contributed by atoms with E-state index in [0.29, 0.717) is 11.3 Å². The first kappa shape index (κ1) is 16.1. The van der Waals surface area contributed by atoms with Gasteiger partial charge in [0.1, 0.15) is 5.69 Å². The van der Waals surface area contributed by atoms with Crippen molar-refractivity contribution in [1.82, 2.24) is 9.29 Å². The van der Waals surface area contributed by atoms with Crippen molar-refractivity contribution in [1.29, 1.82) is 0 Å². The van der Waals surface area contributed by atoms with Crippen molar-refractivity contribution in [3.63, 3.8) is 0 Å². The first-order valence-corrected chi connectivity index (χ1v) is 8.02. The summed E-state index contributed by atoms with van der Waals surface area (Å²) in [7, 11) is -0.632.